The second-order valence-corrected chi connectivity index (χ2v) is 7.57. The molecule has 1 aromatic heterocycles. The van der Waals surface area contributed by atoms with Gasteiger partial charge in [-0.2, -0.15) is 5.10 Å². The molecule has 138 valence electrons. The number of urea groups is 1. The van der Waals surface area contributed by atoms with Crippen molar-refractivity contribution in [3.8, 4) is 0 Å². The second-order valence-electron chi connectivity index (χ2n) is 6.75. The fourth-order valence-corrected chi connectivity index (χ4v) is 3.94. The van der Waals surface area contributed by atoms with E-state index in [0.717, 1.165) is 17.4 Å². The Morgan fingerprint density at radius 3 is 2.67 bits per heavy atom. The summed E-state index contributed by atoms with van der Waals surface area (Å²) >= 11 is 3.42. The van der Waals surface area contributed by atoms with E-state index in [2.05, 4.69) is 56.7 Å². The number of hydrogen-bond acceptors (Lipinski definition) is 2. The molecule has 0 bridgehead atoms. The van der Waals surface area contributed by atoms with Crippen LogP contribution in [0, 0.1) is 0 Å². The lowest BCUT2D eigenvalue weighted by Crippen LogP contribution is -2.43. The highest BCUT2D eigenvalue weighted by atomic mass is 79.9. The van der Waals surface area contributed by atoms with Crippen LogP contribution in [0.1, 0.15) is 22.7 Å². The van der Waals surface area contributed by atoms with Gasteiger partial charge in [-0.1, -0.05) is 54.6 Å². The van der Waals surface area contributed by atoms with E-state index in [-0.39, 0.29) is 12.1 Å². The first-order valence-electron chi connectivity index (χ1n) is 9.00. The summed E-state index contributed by atoms with van der Waals surface area (Å²) in [6, 6.07) is 20.4. The number of aromatic nitrogens is 2. The van der Waals surface area contributed by atoms with Crippen LogP contribution in [0.25, 0.3) is 0 Å². The van der Waals surface area contributed by atoms with Gasteiger partial charge in [0, 0.05) is 19.7 Å². The highest BCUT2D eigenvalue weighted by Gasteiger charge is 2.31. The number of carbonyl (C=O) groups is 1. The molecule has 2 amide bonds. The van der Waals surface area contributed by atoms with Gasteiger partial charge in [0.1, 0.15) is 4.60 Å². The van der Waals surface area contributed by atoms with Crippen LogP contribution in [-0.2, 0) is 19.9 Å². The van der Waals surface area contributed by atoms with Gasteiger partial charge in [-0.15, -0.1) is 0 Å². The van der Waals surface area contributed by atoms with Crippen LogP contribution in [0.5, 0.6) is 0 Å². The van der Waals surface area contributed by atoms with Crippen molar-refractivity contribution in [2.75, 3.05) is 11.9 Å². The molecule has 0 saturated heterocycles. The molecule has 1 aliphatic heterocycles. The molecule has 1 atom stereocenters. The molecule has 0 aliphatic carbocycles. The third-order valence-corrected chi connectivity index (χ3v) is 5.74. The molecule has 1 unspecified atom stereocenters. The van der Waals surface area contributed by atoms with Gasteiger partial charge < -0.3 is 4.90 Å². The summed E-state index contributed by atoms with van der Waals surface area (Å²) < 4.78 is 2.50. The smallest absolute Gasteiger partial charge is 0.317 e. The summed E-state index contributed by atoms with van der Waals surface area (Å²) in [5.74, 6) is 0.548. The number of carbonyl (C=O) groups excluding carboxylic acids is 1. The van der Waals surface area contributed by atoms with E-state index in [9.17, 15) is 4.79 Å². The van der Waals surface area contributed by atoms with E-state index in [4.69, 9.17) is 0 Å². The number of fused-ring (bicyclic) bond motifs is 1. The Labute approximate surface area is 167 Å². The van der Waals surface area contributed by atoms with Crippen molar-refractivity contribution < 1.29 is 4.79 Å². The lowest BCUT2D eigenvalue weighted by molar-refractivity contribution is 0.182. The summed E-state index contributed by atoms with van der Waals surface area (Å²) in [5.41, 5.74) is 3.77. The van der Waals surface area contributed by atoms with Crippen molar-refractivity contribution >= 4 is 27.8 Å². The molecule has 2 aromatic carbocycles. The third kappa shape index (κ3) is 3.76. The van der Waals surface area contributed by atoms with Crippen LogP contribution in [0.2, 0.25) is 0 Å². The summed E-state index contributed by atoms with van der Waals surface area (Å²) in [6.07, 6.45) is 1.65. The van der Waals surface area contributed by atoms with Crippen molar-refractivity contribution in [2.24, 2.45) is 7.05 Å². The molecule has 0 radical (unpaired) electrons. The summed E-state index contributed by atoms with van der Waals surface area (Å²) in [5, 5.41) is 7.25. The SMILES string of the molecule is Cn1nc(NC(=O)N2CCc3ccccc3C2Cc2ccccc2)cc1Br. The quantitative estimate of drug-likeness (QED) is 0.669. The van der Waals surface area contributed by atoms with E-state index in [1.807, 2.05) is 42.3 Å². The predicted octanol–water partition coefficient (Wildman–Crippen LogP) is 4.56. The Kier molecular flexibility index (Phi) is 4.99. The molecule has 2 heterocycles. The van der Waals surface area contributed by atoms with Crippen LogP contribution in [0.15, 0.2) is 65.3 Å². The maximum Gasteiger partial charge on any atom is 0.323 e. The summed E-state index contributed by atoms with van der Waals surface area (Å²) in [7, 11) is 1.83. The van der Waals surface area contributed by atoms with E-state index in [1.165, 1.54) is 16.7 Å². The van der Waals surface area contributed by atoms with Gasteiger partial charge in [-0.05, 0) is 45.5 Å². The maximum absolute atomic E-state index is 13.0. The molecular formula is C21H21BrN4O. The topological polar surface area (TPSA) is 50.2 Å². The van der Waals surface area contributed by atoms with Crippen LogP contribution in [0.3, 0.4) is 0 Å². The van der Waals surface area contributed by atoms with E-state index >= 15 is 0 Å². The Hall–Kier alpha value is -2.60. The highest BCUT2D eigenvalue weighted by Crippen LogP contribution is 2.33. The fourth-order valence-electron chi connectivity index (χ4n) is 3.64. The maximum atomic E-state index is 13.0. The average Bonchev–Trinajstić information content (AvgIpc) is 2.99. The molecule has 0 fully saturated rings. The molecule has 1 N–H and O–H groups in total. The number of anilines is 1. The first-order valence-corrected chi connectivity index (χ1v) is 9.80. The lowest BCUT2D eigenvalue weighted by atomic mass is 9.89. The van der Waals surface area contributed by atoms with Crippen LogP contribution in [0.4, 0.5) is 10.6 Å². The minimum absolute atomic E-state index is 0.00417. The average molecular weight is 425 g/mol. The molecule has 27 heavy (non-hydrogen) atoms. The number of halogens is 1. The number of hydrogen-bond donors (Lipinski definition) is 1. The molecule has 0 saturated carbocycles. The molecule has 5 nitrogen and oxygen atoms in total. The van der Waals surface area contributed by atoms with Crippen LogP contribution >= 0.6 is 15.9 Å². The zero-order chi connectivity index (χ0) is 18.8. The Bertz CT molecular complexity index is 934. The van der Waals surface area contributed by atoms with E-state index in [1.54, 1.807) is 4.68 Å². The van der Waals surface area contributed by atoms with Gasteiger partial charge in [-0.25, -0.2) is 4.79 Å². The van der Waals surface area contributed by atoms with Crippen molar-refractivity contribution in [1.82, 2.24) is 14.7 Å². The number of amides is 2. The predicted molar refractivity (Wildman–Crippen MR) is 110 cm³/mol. The number of rotatable bonds is 3. The minimum Gasteiger partial charge on any atom is -0.317 e. The van der Waals surface area contributed by atoms with Gasteiger partial charge in [0.15, 0.2) is 5.82 Å². The monoisotopic (exact) mass is 424 g/mol. The normalized spacial score (nSPS) is 16.1. The largest absolute Gasteiger partial charge is 0.323 e. The van der Waals surface area contributed by atoms with Gasteiger partial charge >= 0.3 is 6.03 Å². The number of nitrogens with one attached hydrogen (secondary N) is 1. The molecule has 4 rings (SSSR count). The first kappa shape index (κ1) is 17.8. The summed E-state index contributed by atoms with van der Waals surface area (Å²) in [6.45, 7) is 0.689. The first-order chi connectivity index (χ1) is 13.1. The Morgan fingerprint density at radius 1 is 1.19 bits per heavy atom. The zero-order valence-electron chi connectivity index (χ0n) is 15.1. The van der Waals surface area contributed by atoms with Gasteiger partial charge in [-0.3, -0.25) is 10.00 Å². The van der Waals surface area contributed by atoms with Crippen molar-refractivity contribution in [3.63, 3.8) is 0 Å². The van der Waals surface area contributed by atoms with E-state index < -0.39 is 0 Å². The highest BCUT2D eigenvalue weighted by molar-refractivity contribution is 9.10. The van der Waals surface area contributed by atoms with Crippen LogP contribution in [-0.4, -0.2) is 27.3 Å². The van der Waals surface area contributed by atoms with Crippen molar-refractivity contribution in [3.05, 3.63) is 82.0 Å². The summed E-state index contributed by atoms with van der Waals surface area (Å²) in [4.78, 5) is 15.0. The fraction of sp³-hybridized carbons (Fsp3) is 0.238. The molecule has 1 aliphatic rings. The molecular weight excluding hydrogens is 404 g/mol. The van der Waals surface area contributed by atoms with Crippen LogP contribution < -0.4 is 5.32 Å². The molecule has 6 heteroatoms. The van der Waals surface area contributed by atoms with E-state index in [0.29, 0.717) is 12.4 Å². The molecule has 0 spiro atoms. The van der Waals surface area contributed by atoms with Crippen molar-refractivity contribution in [1.29, 1.82) is 0 Å². The van der Waals surface area contributed by atoms with Gasteiger partial charge in [0.25, 0.3) is 0 Å². The Balaban J connectivity index is 1.62. The molecule has 3 aromatic rings. The van der Waals surface area contributed by atoms with Crippen molar-refractivity contribution in [2.45, 2.75) is 18.9 Å². The van der Waals surface area contributed by atoms with Gasteiger partial charge in [0.2, 0.25) is 0 Å². The minimum atomic E-state index is -0.115. The number of aryl methyl sites for hydroxylation is 1. The lowest BCUT2D eigenvalue weighted by Gasteiger charge is -2.37. The van der Waals surface area contributed by atoms with Gasteiger partial charge in [0.05, 0.1) is 6.04 Å². The second kappa shape index (κ2) is 7.56. The number of benzene rings is 2. The third-order valence-electron chi connectivity index (χ3n) is 5.00. The standard InChI is InChI=1S/C21H21BrN4O/c1-25-19(22)14-20(24-25)23-21(27)26-12-11-16-9-5-6-10-17(16)18(26)13-15-7-3-2-4-8-15/h2-10,14,18H,11-13H2,1H3,(H,23,24,27). The zero-order valence-corrected chi connectivity index (χ0v) is 16.7. The number of nitrogens with zero attached hydrogens (tertiary/aromatic N) is 3. The Morgan fingerprint density at radius 2 is 1.93 bits per heavy atom.